The monoisotopic (exact) mass is 447 g/mol. The van der Waals surface area contributed by atoms with E-state index >= 15 is 0 Å². The Labute approximate surface area is 188 Å². The number of nitrogens with one attached hydrogen (secondary N) is 2. The summed E-state index contributed by atoms with van der Waals surface area (Å²) in [5, 5.41) is 2.93. The highest BCUT2D eigenvalue weighted by molar-refractivity contribution is 7.89. The number of anilines is 1. The van der Waals surface area contributed by atoms with E-state index in [1.165, 1.54) is 11.1 Å². The molecule has 2 N–H and O–H groups in total. The number of sulfonamides is 1. The minimum Gasteiger partial charge on any atom is -0.321 e. The molecule has 1 heterocycles. The minimum atomic E-state index is -3.56. The molecule has 6 nitrogen and oxygen atoms in total. The van der Waals surface area contributed by atoms with Gasteiger partial charge in [0.1, 0.15) is 5.69 Å². The second kappa shape index (κ2) is 8.48. The Morgan fingerprint density at radius 2 is 1.59 bits per heavy atom. The third-order valence-electron chi connectivity index (χ3n) is 6.59. The molecule has 0 aliphatic heterocycles. The SMILES string of the molecule is O=C(Nc1ccc2c(c1)CC1CCC(C2)C1NS(=O)(=O)c1ccccc1)c1ccccn1. The van der Waals surface area contributed by atoms with Crippen LogP contribution >= 0.6 is 0 Å². The van der Waals surface area contributed by atoms with E-state index in [9.17, 15) is 13.2 Å². The molecule has 1 aromatic heterocycles. The smallest absolute Gasteiger partial charge is 0.274 e. The van der Waals surface area contributed by atoms with Crippen LogP contribution in [0.1, 0.15) is 34.5 Å². The van der Waals surface area contributed by atoms with Crippen molar-refractivity contribution in [2.45, 2.75) is 36.6 Å². The van der Waals surface area contributed by atoms with Crippen molar-refractivity contribution in [2.24, 2.45) is 11.8 Å². The van der Waals surface area contributed by atoms with Crippen molar-refractivity contribution in [3.05, 3.63) is 89.7 Å². The van der Waals surface area contributed by atoms with Crippen LogP contribution in [0, 0.1) is 11.8 Å². The minimum absolute atomic E-state index is 0.0841. The topological polar surface area (TPSA) is 88.2 Å². The van der Waals surface area contributed by atoms with Gasteiger partial charge in [-0.15, -0.1) is 0 Å². The summed E-state index contributed by atoms with van der Waals surface area (Å²) in [4.78, 5) is 16.9. The molecule has 7 heteroatoms. The van der Waals surface area contributed by atoms with E-state index in [-0.39, 0.29) is 23.8 Å². The van der Waals surface area contributed by atoms with Crippen molar-refractivity contribution in [1.82, 2.24) is 9.71 Å². The molecule has 3 atom stereocenters. The number of benzene rings is 2. The summed E-state index contributed by atoms with van der Waals surface area (Å²) in [5.74, 6) is 0.268. The molecule has 3 unspecified atom stereocenters. The number of hydrogen-bond donors (Lipinski definition) is 2. The first-order valence-corrected chi connectivity index (χ1v) is 12.4. The van der Waals surface area contributed by atoms with E-state index in [2.05, 4.69) is 21.1 Å². The predicted molar refractivity (Wildman–Crippen MR) is 123 cm³/mol. The molecule has 3 aromatic rings. The first kappa shape index (κ1) is 20.8. The molecule has 0 radical (unpaired) electrons. The van der Waals surface area contributed by atoms with Crippen LogP contribution in [0.5, 0.6) is 0 Å². The fourth-order valence-electron chi connectivity index (χ4n) is 5.02. The number of pyridine rings is 1. The van der Waals surface area contributed by atoms with Gasteiger partial charge in [-0.25, -0.2) is 13.1 Å². The van der Waals surface area contributed by atoms with E-state index in [0.29, 0.717) is 10.6 Å². The van der Waals surface area contributed by atoms with Gasteiger partial charge in [0.15, 0.2) is 0 Å². The molecule has 2 aliphatic carbocycles. The molecule has 2 bridgehead atoms. The number of carbonyl (C=O) groups is 1. The first-order chi connectivity index (χ1) is 15.5. The molecule has 32 heavy (non-hydrogen) atoms. The van der Waals surface area contributed by atoms with Crippen LogP contribution in [0.2, 0.25) is 0 Å². The van der Waals surface area contributed by atoms with Crippen molar-refractivity contribution in [3.63, 3.8) is 0 Å². The van der Waals surface area contributed by atoms with Crippen molar-refractivity contribution >= 4 is 21.6 Å². The van der Waals surface area contributed by atoms with Gasteiger partial charge in [0.25, 0.3) is 5.91 Å². The fourth-order valence-corrected chi connectivity index (χ4v) is 6.41. The number of fused-ring (bicyclic) bond motifs is 3. The third-order valence-corrected chi connectivity index (χ3v) is 8.07. The van der Waals surface area contributed by atoms with Crippen LogP contribution in [0.25, 0.3) is 0 Å². The zero-order chi connectivity index (χ0) is 22.1. The standard InChI is InChI=1S/C25H25N3O3S/c29-25(23-8-4-5-13-26-23)27-21-12-11-17-14-18-9-10-19(15-20(17)16-21)24(18)28-32(30,31)22-6-2-1-3-7-22/h1-8,11-13,16,18-19,24,28H,9-10,14-15H2,(H,27,29). The number of aromatic nitrogens is 1. The van der Waals surface area contributed by atoms with Gasteiger partial charge in [-0.05, 0) is 85.0 Å². The zero-order valence-corrected chi connectivity index (χ0v) is 18.4. The lowest BCUT2D eigenvalue weighted by Crippen LogP contribution is -2.41. The lowest BCUT2D eigenvalue weighted by atomic mass is 9.93. The van der Waals surface area contributed by atoms with Gasteiger partial charge in [-0.1, -0.05) is 30.3 Å². The van der Waals surface area contributed by atoms with Gasteiger partial charge in [0.2, 0.25) is 10.0 Å². The molecule has 0 spiro atoms. The van der Waals surface area contributed by atoms with Gasteiger partial charge in [0, 0.05) is 17.9 Å². The zero-order valence-electron chi connectivity index (χ0n) is 17.6. The van der Waals surface area contributed by atoms with Crippen molar-refractivity contribution < 1.29 is 13.2 Å². The Kier molecular flexibility index (Phi) is 5.53. The van der Waals surface area contributed by atoms with Gasteiger partial charge >= 0.3 is 0 Å². The third kappa shape index (κ3) is 4.18. The molecular formula is C25H25N3O3S. The predicted octanol–water partition coefficient (Wildman–Crippen LogP) is 3.81. The van der Waals surface area contributed by atoms with Crippen molar-refractivity contribution in [2.75, 3.05) is 5.32 Å². The number of amides is 1. The average molecular weight is 448 g/mol. The molecule has 1 fully saturated rings. The largest absolute Gasteiger partial charge is 0.321 e. The van der Waals surface area contributed by atoms with E-state index < -0.39 is 10.0 Å². The number of nitrogens with zero attached hydrogens (tertiary/aromatic N) is 1. The Morgan fingerprint density at radius 1 is 0.875 bits per heavy atom. The van der Waals surface area contributed by atoms with Crippen LogP contribution in [0.3, 0.4) is 0 Å². The van der Waals surface area contributed by atoms with Gasteiger partial charge in [-0.3, -0.25) is 9.78 Å². The second-order valence-corrected chi connectivity index (χ2v) is 10.3. The van der Waals surface area contributed by atoms with Crippen molar-refractivity contribution in [1.29, 1.82) is 0 Å². The van der Waals surface area contributed by atoms with Crippen LogP contribution in [0.4, 0.5) is 5.69 Å². The van der Waals surface area contributed by atoms with Crippen LogP contribution < -0.4 is 10.0 Å². The molecule has 1 saturated carbocycles. The Bertz CT molecular complexity index is 1230. The molecule has 164 valence electrons. The average Bonchev–Trinajstić information content (AvgIpc) is 3.08. The van der Waals surface area contributed by atoms with E-state index in [1.54, 1.807) is 48.7 Å². The Hall–Kier alpha value is -3.03. The van der Waals surface area contributed by atoms with Crippen molar-refractivity contribution in [3.8, 4) is 0 Å². The molecule has 0 saturated heterocycles. The second-order valence-electron chi connectivity index (χ2n) is 8.62. The molecule has 2 aromatic carbocycles. The normalized spacial score (nSPS) is 22.1. The van der Waals surface area contributed by atoms with E-state index in [1.807, 2.05) is 18.2 Å². The lowest BCUT2D eigenvalue weighted by Gasteiger charge is -2.23. The summed E-state index contributed by atoms with van der Waals surface area (Å²) in [6, 6.07) is 19.7. The van der Waals surface area contributed by atoms with Gasteiger partial charge in [-0.2, -0.15) is 0 Å². The van der Waals surface area contributed by atoms with Crippen LogP contribution in [-0.4, -0.2) is 25.4 Å². The Morgan fingerprint density at radius 3 is 2.31 bits per heavy atom. The van der Waals surface area contributed by atoms with Gasteiger partial charge < -0.3 is 5.32 Å². The maximum atomic E-state index is 13.0. The highest BCUT2D eigenvalue weighted by atomic mass is 32.2. The van der Waals surface area contributed by atoms with E-state index in [0.717, 1.165) is 31.4 Å². The summed E-state index contributed by atoms with van der Waals surface area (Å²) in [7, 11) is -3.56. The molecular weight excluding hydrogens is 422 g/mol. The Balaban J connectivity index is 1.35. The highest BCUT2D eigenvalue weighted by Crippen LogP contribution is 2.41. The maximum absolute atomic E-state index is 13.0. The quantitative estimate of drug-likeness (QED) is 0.623. The molecule has 2 aliphatic rings. The summed E-state index contributed by atoms with van der Waals surface area (Å²) in [5.41, 5.74) is 3.52. The lowest BCUT2D eigenvalue weighted by molar-refractivity contribution is 0.102. The summed E-state index contributed by atoms with van der Waals surface area (Å²) >= 11 is 0. The fraction of sp³-hybridized carbons (Fsp3) is 0.280. The number of carbonyl (C=O) groups excluding carboxylic acids is 1. The van der Waals surface area contributed by atoms with Crippen LogP contribution in [0.15, 0.2) is 77.8 Å². The first-order valence-electron chi connectivity index (χ1n) is 10.9. The molecule has 5 rings (SSSR count). The maximum Gasteiger partial charge on any atom is 0.274 e. The van der Waals surface area contributed by atoms with Crippen LogP contribution in [-0.2, 0) is 22.9 Å². The molecule has 1 amide bonds. The van der Waals surface area contributed by atoms with E-state index in [4.69, 9.17) is 0 Å². The van der Waals surface area contributed by atoms with Gasteiger partial charge in [0.05, 0.1) is 4.90 Å². The number of rotatable bonds is 5. The summed E-state index contributed by atoms with van der Waals surface area (Å²) in [6.45, 7) is 0. The summed E-state index contributed by atoms with van der Waals surface area (Å²) in [6.07, 6.45) is 5.24. The number of hydrogen-bond acceptors (Lipinski definition) is 4. The summed E-state index contributed by atoms with van der Waals surface area (Å²) < 4.78 is 28.9. The highest BCUT2D eigenvalue weighted by Gasteiger charge is 2.41.